The Morgan fingerprint density at radius 3 is 2.29 bits per heavy atom. The second kappa shape index (κ2) is 13.5. The number of amides is 1. The van der Waals surface area contributed by atoms with Gasteiger partial charge in [0.05, 0.1) is 36.6 Å². The van der Waals surface area contributed by atoms with Gasteiger partial charge in [-0.05, 0) is 131 Å². The van der Waals surface area contributed by atoms with Crippen molar-refractivity contribution in [3.63, 3.8) is 0 Å². The van der Waals surface area contributed by atoms with Gasteiger partial charge in [0, 0.05) is 51.0 Å². The molecule has 318 valence electrons. The molecule has 1 unspecified atom stereocenters. The zero-order valence-corrected chi connectivity index (χ0v) is 36.4. The topological polar surface area (TPSA) is 127 Å². The van der Waals surface area contributed by atoms with Crippen molar-refractivity contribution in [2.75, 3.05) is 39.3 Å². The van der Waals surface area contributed by atoms with Crippen LogP contribution in [-0.4, -0.2) is 119 Å². The average Bonchev–Trinajstić information content (AvgIpc) is 3.70. The first-order valence-corrected chi connectivity index (χ1v) is 22.2. The second-order valence-electron chi connectivity index (χ2n) is 22.7. The van der Waals surface area contributed by atoms with Gasteiger partial charge in [0.25, 0.3) is 0 Å². The fourth-order valence-electron chi connectivity index (χ4n) is 15.2. The van der Waals surface area contributed by atoms with Crippen molar-refractivity contribution in [2.45, 2.75) is 176 Å². The molecule has 56 heavy (non-hydrogen) atoms. The molecular weight excluding hydrogens is 712 g/mol. The molecule has 3 aliphatic heterocycles. The maximum Gasteiger partial charge on any atom is 0.410 e. The molecule has 2 N–H and O–H groups in total. The van der Waals surface area contributed by atoms with E-state index in [2.05, 4.69) is 39.5 Å². The minimum atomic E-state index is -1.27. The molecule has 0 bridgehead atoms. The number of fused-ring (bicyclic) bond motifs is 4. The summed E-state index contributed by atoms with van der Waals surface area (Å²) in [5.74, 6) is 1.44. The van der Waals surface area contributed by atoms with Gasteiger partial charge in [-0.25, -0.2) is 4.79 Å². The number of esters is 1. The van der Waals surface area contributed by atoms with Crippen LogP contribution in [0.2, 0.25) is 0 Å². The SMILES string of the molecule is CC(=O)O[C@@H]([C@H]1C[C@@H](C)[C@H]2[C@H](O1)[C@H](O)[C@@]1(C)[C@@H]3CC[C@H]4C(C)(C)[C@@H](O[C@H]5CN(CC6CN(C(=O)OC(C)(C)C)C6)CCO5)CC[C@@]45CC35CC[C@]21C)C(C)(C)O. The van der Waals surface area contributed by atoms with Gasteiger partial charge in [-0.2, -0.15) is 0 Å². The molecule has 8 fully saturated rings. The first-order valence-electron chi connectivity index (χ1n) is 22.2. The van der Waals surface area contributed by atoms with Gasteiger partial charge in [-0.15, -0.1) is 0 Å². The van der Waals surface area contributed by atoms with E-state index in [4.69, 9.17) is 23.7 Å². The van der Waals surface area contributed by atoms with Crippen LogP contribution in [-0.2, 0) is 28.5 Å². The van der Waals surface area contributed by atoms with Gasteiger partial charge in [0.1, 0.15) is 5.60 Å². The van der Waals surface area contributed by atoms with Crippen molar-refractivity contribution in [3.8, 4) is 0 Å². The normalized spacial score (nSPS) is 46.6. The number of aliphatic hydroxyl groups is 2. The molecule has 8 rings (SSSR count). The van der Waals surface area contributed by atoms with Gasteiger partial charge >= 0.3 is 12.1 Å². The fraction of sp³-hybridized carbons (Fsp3) is 0.956. The summed E-state index contributed by atoms with van der Waals surface area (Å²) in [5, 5.41) is 23.7. The van der Waals surface area contributed by atoms with Crippen molar-refractivity contribution in [1.82, 2.24) is 9.80 Å². The maximum atomic E-state index is 12.7. The number of rotatable bonds is 7. The van der Waals surface area contributed by atoms with Crippen LogP contribution in [0.1, 0.15) is 128 Å². The van der Waals surface area contributed by atoms with Gasteiger partial charge in [0.2, 0.25) is 0 Å². The highest BCUT2D eigenvalue weighted by Gasteiger charge is 2.84. The van der Waals surface area contributed by atoms with Crippen LogP contribution in [0.25, 0.3) is 0 Å². The zero-order valence-electron chi connectivity index (χ0n) is 36.4. The minimum Gasteiger partial charge on any atom is -0.457 e. The molecule has 5 aliphatic carbocycles. The highest BCUT2D eigenvalue weighted by atomic mass is 16.7. The quantitative estimate of drug-likeness (QED) is 0.280. The number of carbonyl (C=O) groups excluding carboxylic acids is 2. The molecule has 3 heterocycles. The van der Waals surface area contributed by atoms with E-state index in [1.165, 1.54) is 26.2 Å². The summed E-state index contributed by atoms with van der Waals surface area (Å²) in [6.45, 7) is 27.3. The Morgan fingerprint density at radius 1 is 0.946 bits per heavy atom. The van der Waals surface area contributed by atoms with Crippen molar-refractivity contribution in [1.29, 1.82) is 0 Å². The lowest BCUT2D eigenvalue weighted by molar-refractivity contribution is -0.249. The highest BCUT2D eigenvalue weighted by molar-refractivity contribution is 5.69. The van der Waals surface area contributed by atoms with Crippen LogP contribution in [0.15, 0.2) is 0 Å². The lowest BCUT2D eigenvalue weighted by Crippen LogP contribution is -2.60. The second-order valence-corrected chi connectivity index (χ2v) is 22.7. The summed E-state index contributed by atoms with van der Waals surface area (Å²) in [6.07, 6.45) is 6.10. The fourth-order valence-corrected chi connectivity index (χ4v) is 15.2. The van der Waals surface area contributed by atoms with Gasteiger partial charge in [-0.1, -0.05) is 34.6 Å². The molecule has 14 atom stereocenters. The third-order valence-electron chi connectivity index (χ3n) is 17.7. The van der Waals surface area contributed by atoms with Crippen molar-refractivity contribution >= 4 is 12.1 Å². The number of hydrogen-bond donors (Lipinski definition) is 2. The van der Waals surface area contributed by atoms with E-state index < -0.39 is 35.5 Å². The van der Waals surface area contributed by atoms with Crippen LogP contribution in [0.5, 0.6) is 0 Å². The van der Waals surface area contributed by atoms with E-state index in [1.54, 1.807) is 13.8 Å². The first kappa shape index (κ1) is 41.2. The third-order valence-corrected chi connectivity index (χ3v) is 17.7. The van der Waals surface area contributed by atoms with E-state index in [-0.39, 0.29) is 63.5 Å². The summed E-state index contributed by atoms with van der Waals surface area (Å²) in [7, 11) is 0. The summed E-state index contributed by atoms with van der Waals surface area (Å²) in [4.78, 5) is 28.9. The Bertz CT molecular complexity index is 1540. The highest BCUT2D eigenvalue weighted by Crippen LogP contribution is 2.89. The summed E-state index contributed by atoms with van der Waals surface area (Å²) < 4.78 is 31.4. The molecule has 0 aromatic rings. The van der Waals surface area contributed by atoms with E-state index in [0.29, 0.717) is 30.8 Å². The van der Waals surface area contributed by atoms with E-state index in [1.807, 2.05) is 25.7 Å². The standard InChI is InChI=1S/C45H74N2O9/c1-26-20-29(37(41(8,9)51)53-27(2)48)54-35-34(26)42(10)16-17-45-25-44(45)15-14-32(40(6,7)30(44)12-13-31(45)43(42,11)36(35)49)55-33-24-46(18-19-52-33)21-28-22-47(23-28)38(50)56-39(3,4)5/h26,28-37,49,51H,12-25H2,1-11H3/t26-,29-,30+,31+,32+,33+,34+,35+,36+,37+,42-,43-,44-,45?/m1/s1. The van der Waals surface area contributed by atoms with Crippen LogP contribution in [0.3, 0.4) is 0 Å². The van der Waals surface area contributed by atoms with Crippen molar-refractivity contribution < 1.29 is 43.5 Å². The number of carbonyl (C=O) groups is 2. The lowest BCUT2D eigenvalue weighted by Gasteiger charge is -2.64. The number of nitrogens with zero attached hydrogens (tertiary/aromatic N) is 2. The summed E-state index contributed by atoms with van der Waals surface area (Å²) in [6, 6.07) is 0. The maximum absolute atomic E-state index is 12.7. The van der Waals surface area contributed by atoms with Gasteiger partial charge in [-0.3, -0.25) is 9.69 Å². The number of hydrogen-bond acceptors (Lipinski definition) is 10. The Balaban J connectivity index is 0.932. The molecule has 11 nitrogen and oxygen atoms in total. The van der Waals surface area contributed by atoms with Crippen LogP contribution in [0, 0.1) is 56.7 Å². The third kappa shape index (κ3) is 6.23. The van der Waals surface area contributed by atoms with Crippen molar-refractivity contribution in [2.24, 2.45) is 56.7 Å². The largest absolute Gasteiger partial charge is 0.457 e. The summed E-state index contributed by atoms with van der Waals surface area (Å²) >= 11 is 0. The monoisotopic (exact) mass is 787 g/mol. The Hall–Kier alpha value is -1.50. The molecule has 3 saturated heterocycles. The molecule has 1 amide bonds. The minimum absolute atomic E-state index is 0.00213. The molecule has 0 aromatic heterocycles. The Morgan fingerprint density at radius 2 is 1.62 bits per heavy atom. The Labute approximate surface area is 336 Å². The molecule has 8 aliphatic rings. The first-order chi connectivity index (χ1) is 26.0. The number of likely N-dealkylation sites (tertiary alicyclic amines) is 1. The van der Waals surface area contributed by atoms with Crippen LogP contribution < -0.4 is 0 Å². The van der Waals surface area contributed by atoms with Gasteiger partial charge in [0.15, 0.2) is 12.4 Å². The lowest BCUT2D eigenvalue weighted by atomic mass is 9.41. The summed E-state index contributed by atoms with van der Waals surface area (Å²) in [5.41, 5.74) is -1.62. The molecule has 0 aromatic carbocycles. The number of aliphatic hydroxyl groups excluding tert-OH is 1. The molecule has 11 heteroatoms. The van der Waals surface area contributed by atoms with Gasteiger partial charge < -0.3 is 38.8 Å². The number of morpholine rings is 1. The molecule has 2 spiro atoms. The van der Waals surface area contributed by atoms with Crippen molar-refractivity contribution in [3.05, 3.63) is 0 Å². The molecule has 5 saturated carbocycles. The predicted molar refractivity (Wildman–Crippen MR) is 210 cm³/mol. The van der Waals surface area contributed by atoms with Crippen LogP contribution >= 0.6 is 0 Å². The van der Waals surface area contributed by atoms with E-state index >= 15 is 0 Å². The van der Waals surface area contributed by atoms with E-state index in [9.17, 15) is 19.8 Å². The average molecular weight is 787 g/mol. The van der Waals surface area contributed by atoms with E-state index in [0.717, 1.165) is 58.4 Å². The molecule has 0 radical (unpaired) electrons. The zero-order chi connectivity index (χ0) is 40.6. The molecular formula is C45H74N2O9. The van der Waals surface area contributed by atoms with Crippen LogP contribution in [0.4, 0.5) is 4.79 Å². The number of ether oxygens (including phenoxy) is 5. The smallest absolute Gasteiger partial charge is 0.410 e. The Kier molecular flexibility index (Phi) is 9.95. The predicted octanol–water partition coefficient (Wildman–Crippen LogP) is 6.41.